The summed E-state index contributed by atoms with van der Waals surface area (Å²) in [5.41, 5.74) is 15.8. The van der Waals surface area contributed by atoms with E-state index < -0.39 is 12.2 Å². The number of likely N-dealkylation sites (tertiary alicyclic amines) is 1. The SMILES string of the molecule is Cc1cc(CC(C=O)OC(=O)N2CCC(n3cc(-c4ccccc4)[nH]c3=O)CC2)cc(N)c1N. The number of aldehydes is 1. The van der Waals surface area contributed by atoms with Crippen LogP contribution in [0, 0.1) is 6.92 Å². The van der Waals surface area contributed by atoms with Gasteiger partial charge in [0.1, 0.15) is 0 Å². The van der Waals surface area contributed by atoms with Gasteiger partial charge in [0.15, 0.2) is 12.4 Å². The van der Waals surface area contributed by atoms with Crippen molar-refractivity contribution >= 4 is 23.8 Å². The lowest BCUT2D eigenvalue weighted by Crippen LogP contribution is -2.42. The number of ether oxygens (including phenoxy) is 1. The minimum Gasteiger partial charge on any atom is -0.438 e. The number of nitrogens with two attached hydrogens (primary N) is 2. The fourth-order valence-corrected chi connectivity index (χ4v) is 4.35. The summed E-state index contributed by atoms with van der Waals surface area (Å²) in [4.78, 5) is 41.2. The molecule has 9 nitrogen and oxygen atoms in total. The Morgan fingerprint density at radius 1 is 1.21 bits per heavy atom. The molecule has 2 aromatic carbocycles. The molecule has 0 bridgehead atoms. The van der Waals surface area contributed by atoms with Crippen molar-refractivity contribution in [3.63, 3.8) is 0 Å². The zero-order chi connectivity index (χ0) is 24.2. The van der Waals surface area contributed by atoms with E-state index >= 15 is 0 Å². The molecule has 3 aromatic rings. The van der Waals surface area contributed by atoms with Gasteiger partial charge in [-0.2, -0.15) is 0 Å². The summed E-state index contributed by atoms with van der Waals surface area (Å²) >= 11 is 0. The van der Waals surface area contributed by atoms with Crippen LogP contribution in [0.15, 0.2) is 53.5 Å². The third-order valence-electron chi connectivity index (χ3n) is 6.26. The summed E-state index contributed by atoms with van der Waals surface area (Å²) in [6.07, 6.45) is 2.44. The fourth-order valence-electron chi connectivity index (χ4n) is 4.35. The minimum atomic E-state index is -0.923. The van der Waals surface area contributed by atoms with Crippen LogP contribution in [0.5, 0.6) is 0 Å². The molecule has 1 aliphatic rings. The summed E-state index contributed by atoms with van der Waals surface area (Å²) in [5, 5.41) is 0. The predicted molar refractivity (Wildman–Crippen MR) is 130 cm³/mol. The summed E-state index contributed by atoms with van der Waals surface area (Å²) < 4.78 is 7.15. The van der Waals surface area contributed by atoms with Gasteiger partial charge >= 0.3 is 11.8 Å². The van der Waals surface area contributed by atoms with Crippen LogP contribution in [0.3, 0.4) is 0 Å². The second kappa shape index (κ2) is 9.86. The molecule has 1 fully saturated rings. The van der Waals surface area contributed by atoms with Crippen molar-refractivity contribution in [3.05, 3.63) is 70.3 Å². The van der Waals surface area contributed by atoms with Crippen LogP contribution in [0.1, 0.15) is 30.0 Å². The maximum absolute atomic E-state index is 12.7. The molecule has 0 aliphatic carbocycles. The van der Waals surface area contributed by atoms with Crippen LogP contribution >= 0.6 is 0 Å². The van der Waals surface area contributed by atoms with Crippen LogP contribution in [0.25, 0.3) is 11.3 Å². The fraction of sp³-hybridized carbons (Fsp3) is 0.320. The number of imidazole rings is 1. The first-order chi connectivity index (χ1) is 16.4. The molecule has 4 rings (SSSR count). The Kier molecular flexibility index (Phi) is 6.72. The Labute approximate surface area is 197 Å². The number of aryl methyl sites for hydroxylation is 1. The Morgan fingerprint density at radius 3 is 2.56 bits per heavy atom. The molecule has 2 heterocycles. The monoisotopic (exact) mass is 463 g/mol. The molecule has 5 N–H and O–H groups in total. The van der Waals surface area contributed by atoms with Crippen molar-refractivity contribution < 1.29 is 14.3 Å². The van der Waals surface area contributed by atoms with Gasteiger partial charge in [-0.05, 0) is 42.5 Å². The number of hydrogen-bond donors (Lipinski definition) is 3. The summed E-state index contributed by atoms with van der Waals surface area (Å²) in [5.74, 6) is 0. The second-order valence-electron chi connectivity index (χ2n) is 8.64. The van der Waals surface area contributed by atoms with E-state index in [4.69, 9.17) is 16.2 Å². The van der Waals surface area contributed by atoms with Gasteiger partial charge in [0.2, 0.25) is 0 Å². The maximum Gasteiger partial charge on any atom is 0.410 e. The lowest BCUT2D eigenvalue weighted by molar-refractivity contribution is -0.115. The van der Waals surface area contributed by atoms with E-state index in [2.05, 4.69) is 4.98 Å². The number of benzene rings is 2. The van der Waals surface area contributed by atoms with Gasteiger partial charge in [0.25, 0.3) is 0 Å². The van der Waals surface area contributed by atoms with Crippen LogP contribution in [0.2, 0.25) is 0 Å². The van der Waals surface area contributed by atoms with Crippen molar-refractivity contribution in [2.75, 3.05) is 24.6 Å². The van der Waals surface area contributed by atoms with Gasteiger partial charge in [-0.1, -0.05) is 36.4 Å². The van der Waals surface area contributed by atoms with Crippen LogP contribution < -0.4 is 17.2 Å². The maximum atomic E-state index is 12.7. The number of amides is 1. The molecule has 0 radical (unpaired) electrons. The van der Waals surface area contributed by atoms with Crippen molar-refractivity contribution in [1.82, 2.24) is 14.5 Å². The average Bonchev–Trinajstić information content (AvgIpc) is 3.24. The number of piperidine rings is 1. The number of H-pyrrole nitrogens is 1. The molecule has 1 saturated heterocycles. The number of rotatable bonds is 6. The van der Waals surface area contributed by atoms with Crippen molar-refractivity contribution in [1.29, 1.82) is 0 Å². The van der Waals surface area contributed by atoms with Crippen LogP contribution in [-0.4, -0.2) is 46.0 Å². The van der Waals surface area contributed by atoms with E-state index in [-0.39, 0.29) is 18.2 Å². The van der Waals surface area contributed by atoms with E-state index in [0.717, 1.165) is 22.4 Å². The molecule has 1 amide bonds. The molecular weight excluding hydrogens is 434 g/mol. The van der Waals surface area contributed by atoms with Gasteiger partial charge in [0.05, 0.1) is 17.1 Å². The lowest BCUT2D eigenvalue weighted by Gasteiger charge is -2.32. The van der Waals surface area contributed by atoms with Gasteiger partial charge < -0.3 is 26.1 Å². The van der Waals surface area contributed by atoms with E-state index in [9.17, 15) is 14.4 Å². The van der Waals surface area contributed by atoms with E-state index in [1.807, 2.05) is 49.5 Å². The van der Waals surface area contributed by atoms with Gasteiger partial charge in [-0.3, -0.25) is 9.36 Å². The smallest absolute Gasteiger partial charge is 0.410 e. The highest BCUT2D eigenvalue weighted by atomic mass is 16.6. The number of anilines is 2. The van der Waals surface area contributed by atoms with Gasteiger partial charge in [0, 0.05) is 31.7 Å². The topological polar surface area (TPSA) is 136 Å². The third kappa shape index (κ3) is 4.98. The van der Waals surface area contributed by atoms with Crippen molar-refractivity contribution in [2.45, 2.75) is 38.3 Å². The average molecular weight is 464 g/mol. The number of carbonyl (C=O) groups is 2. The number of nitrogens with zero attached hydrogens (tertiary/aromatic N) is 2. The Hall–Kier alpha value is -4.01. The molecule has 178 valence electrons. The molecule has 1 atom stereocenters. The Balaban J connectivity index is 1.35. The number of carbonyl (C=O) groups excluding carboxylic acids is 2. The Bertz CT molecular complexity index is 1200. The van der Waals surface area contributed by atoms with E-state index in [1.165, 1.54) is 0 Å². The van der Waals surface area contributed by atoms with E-state index in [0.29, 0.717) is 43.6 Å². The Morgan fingerprint density at radius 2 is 1.91 bits per heavy atom. The largest absolute Gasteiger partial charge is 0.438 e. The summed E-state index contributed by atoms with van der Waals surface area (Å²) in [6.45, 7) is 2.70. The normalized spacial score (nSPS) is 15.1. The van der Waals surface area contributed by atoms with Crippen LogP contribution in [0.4, 0.5) is 16.2 Å². The first-order valence-electron chi connectivity index (χ1n) is 11.3. The molecule has 1 aromatic heterocycles. The number of nitrogen functional groups attached to an aromatic ring is 2. The standard InChI is InChI=1S/C25H29N5O4/c1-16-11-17(13-21(26)23(16)27)12-20(15-31)34-25(33)29-9-7-19(8-10-29)30-14-22(28-24(30)32)18-5-3-2-4-6-18/h2-6,11,13-15,19-20H,7-10,12,26-27H2,1H3,(H,28,32). The van der Waals surface area contributed by atoms with Crippen molar-refractivity contribution in [3.8, 4) is 11.3 Å². The van der Waals surface area contributed by atoms with Crippen molar-refractivity contribution in [2.24, 2.45) is 0 Å². The summed E-state index contributed by atoms with van der Waals surface area (Å²) in [6, 6.07) is 13.2. The molecule has 34 heavy (non-hydrogen) atoms. The quantitative estimate of drug-likeness (QED) is 0.380. The highest BCUT2D eigenvalue weighted by Gasteiger charge is 2.27. The molecule has 0 spiro atoms. The van der Waals surface area contributed by atoms with Gasteiger partial charge in [-0.25, -0.2) is 9.59 Å². The number of aromatic nitrogens is 2. The lowest BCUT2D eigenvalue weighted by atomic mass is 10.0. The second-order valence-corrected chi connectivity index (χ2v) is 8.64. The number of nitrogens with one attached hydrogen (secondary N) is 1. The predicted octanol–water partition coefficient (Wildman–Crippen LogP) is 2.90. The first kappa shape index (κ1) is 23.2. The summed E-state index contributed by atoms with van der Waals surface area (Å²) in [7, 11) is 0. The first-order valence-corrected chi connectivity index (χ1v) is 11.3. The van der Waals surface area contributed by atoms with Crippen LogP contribution in [-0.2, 0) is 16.0 Å². The number of hydrogen-bond acceptors (Lipinski definition) is 6. The molecule has 1 aliphatic heterocycles. The molecular formula is C25H29N5O4. The van der Waals surface area contributed by atoms with E-state index in [1.54, 1.807) is 15.5 Å². The zero-order valence-corrected chi connectivity index (χ0v) is 19.1. The van der Waals surface area contributed by atoms with Gasteiger partial charge in [-0.15, -0.1) is 0 Å². The number of aromatic amines is 1. The molecule has 1 unspecified atom stereocenters. The molecule has 9 heteroatoms. The molecule has 0 saturated carbocycles. The third-order valence-corrected chi connectivity index (χ3v) is 6.26. The highest BCUT2D eigenvalue weighted by molar-refractivity contribution is 5.72. The minimum absolute atomic E-state index is 0.0205. The zero-order valence-electron chi connectivity index (χ0n) is 19.1. The highest BCUT2D eigenvalue weighted by Crippen LogP contribution is 2.25.